The first-order valence-corrected chi connectivity index (χ1v) is 12.4. The molecule has 0 N–H and O–H groups in total. The monoisotopic (exact) mass is 384 g/mol. The smallest absolute Gasteiger partial charge is 0.101 e. The van der Waals surface area contributed by atoms with Gasteiger partial charge in [0.05, 0.1) is 16.8 Å². The maximum absolute atomic E-state index is 5.43. The van der Waals surface area contributed by atoms with Crippen LogP contribution in [0, 0.1) is 5.41 Å². The molecule has 2 spiro atoms. The van der Waals surface area contributed by atoms with E-state index in [1.165, 1.54) is 68.8 Å². The zero-order chi connectivity index (χ0) is 17.4. The lowest BCUT2D eigenvalue weighted by Crippen LogP contribution is -2.67. The van der Waals surface area contributed by atoms with Crippen molar-refractivity contribution in [3.8, 4) is 0 Å². The second kappa shape index (κ2) is 5.55. The highest BCUT2D eigenvalue weighted by molar-refractivity contribution is 8.20. The van der Waals surface area contributed by atoms with Crippen LogP contribution in [-0.4, -0.2) is 45.3 Å². The third-order valence-electron chi connectivity index (χ3n) is 7.97. The first-order chi connectivity index (χ1) is 12.7. The number of hydrogen-bond acceptors (Lipinski definition) is 4. The number of benzene rings is 1. The van der Waals surface area contributed by atoms with E-state index in [1.807, 2.05) is 0 Å². The van der Waals surface area contributed by atoms with E-state index in [0.29, 0.717) is 11.5 Å². The molecule has 0 unspecified atom stereocenters. The van der Waals surface area contributed by atoms with Crippen LogP contribution < -0.4 is 0 Å². The Morgan fingerprint density at radius 1 is 1.12 bits per heavy atom. The number of nitrogens with zero attached hydrogens (tertiary/aromatic N) is 2. The SMILES string of the molecule is CC[C@]12CCCN3CC[C@]4(C(=Nc5ccccc54)C4(C1)SCCCS4)[C@@H]32. The standard InChI is InChI=1S/C22H28N2S2/c1-2-20-9-5-11-24-12-10-21(19(20)24)16-7-3-4-8-17(16)23-18(21)22(15-20)25-13-6-14-26-22/h3-4,7-8,19H,2,5-6,9-15H2,1H3/t19-,20-,21-/m0/s1. The van der Waals surface area contributed by atoms with E-state index in [-0.39, 0.29) is 9.49 Å². The molecule has 4 fully saturated rings. The van der Waals surface area contributed by atoms with Crippen molar-refractivity contribution in [1.29, 1.82) is 0 Å². The van der Waals surface area contributed by atoms with E-state index in [2.05, 4.69) is 59.6 Å². The van der Waals surface area contributed by atoms with Gasteiger partial charge in [-0.05, 0) is 80.2 Å². The molecule has 3 atom stereocenters. The Morgan fingerprint density at radius 3 is 2.81 bits per heavy atom. The second-order valence-corrected chi connectivity index (χ2v) is 12.0. The highest BCUT2D eigenvalue weighted by Gasteiger charge is 2.71. The topological polar surface area (TPSA) is 15.6 Å². The summed E-state index contributed by atoms with van der Waals surface area (Å²) < 4.78 is 0.233. The fourth-order valence-electron chi connectivity index (χ4n) is 7.11. The number of para-hydroxylation sites is 1. The van der Waals surface area contributed by atoms with Gasteiger partial charge in [-0.2, -0.15) is 0 Å². The number of piperidine rings is 1. The van der Waals surface area contributed by atoms with Gasteiger partial charge in [0, 0.05) is 6.04 Å². The van der Waals surface area contributed by atoms with Crippen LogP contribution in [0.25, 0.3) is 0 Å². The molecular formula is C22H28N2S2. The maximum atomic E-state index is 5.43. The van der Waals surface area contributed by atoms with E-state index in [0.717, 1.165) is 0 Å². The Hall–Kier alpha value is -0.450. The van der Waals surface area contributed by atoms with Gasteiger partial charge in [-0.25, -0.2) is 0 Å². The summed E-state index contributed by atoms with van der Waals surface area (Å²) in [5, 5.41) is 0. The molecule has 6 rings (SSSR count). The lowest BCUT2D eigenvalue weighted by molar-refractivity contribution is 0.00372. The molecule has 1 aromatic carbocycles. The molecule has 138 valence electrons. The molecule has 26 heavy (non-hydrogen) atoms. The van der Waals surface area contributed by atoms with Crippen LogP contribution in [0.4, 0.5) is 5.69 Å². The van der Waals surface area contributed by atoms with Crippen LogP contribution in [0.15, 0.2) is 29.3 Å². The van der Waals surface area contributed by atoms with Crippen LogP contribution in [0.5, 0.6) is 0 Å². The summed E-state index contributed by atoms with van der Waals surface area (Å²) in [7, 11) is 0. The van der Waals surface area contributed by atoms with Gasteiger partial charge in [-0.1, -0.05) is 25.1 Å². The molecule has 0 radical (unpaired) electrons. The van der Waals surface area contributed by atoms with Gasteiger partial charge in [-0.15, -0.1) is 23.5 Å². The largest absolute Gasteiger partial charge is 0.299 e. The van der Waals surface area contributed by atoms with E-state index in [1.54, 1.807) is 11.3 Å². The fourth-order valence-corrected chi connectivity index (χ4v) is 10.9. The lowest BCUT2D eigenvalue weighted by atomic mass is 9.52. The molecule has 5 aliphatic rings. The van der Waals surface area contributed by atoms with Crippen LogP contribution >= 0.6 is 23.5 Å². The molecule has 0 bridgehead atoms. The van der Waals surface area contributed by atoms with Crippen molar-refractivity contribution in [3.63, 3.8) is 0 Å². The van der Waals surface area contributed by atoms with Crippen LogP contribution in [0.3, 0.4) is 0 Å². The summed E-state index contributed by atoms with van der Waals surface area (Å²) in [4.78, 5) is 8.30. The number of thioether (sulfide) groups is 2. The van der Waals surface area contributed by atoms with Gasteiger partial charge in [0.25, 0.3) is 0 Å². The van der Waals surface area contributed by atoms with Crippen molar-refractivity contribution in [3.05, 3.63) is 29.8 Å². The molecule has 1 aromatic rings. The minimum atomic E-state index is 0.197. The van der Waals surface area contributed by atoms with Crippen LogP contribution in [-0.2, 0) is 5.41 Å². The molecule has 2 nitrogen and oxygen atoms in total. The third kappa shape index (κ3) is 1.85. The average molecular weight is 385 g/mol. The van der Waals surface area contributed by atoms with Crippen molar-refractivity contribution in [2.45, 2.75) is 61.0 Å². The zero-order valence-corrected chi connectivity index (χ0v) is 17.3. The van der Waals surface area contributed by atoms with E-state index in [4.69, 9.17) is 4.99 Å². The number of rotatable bonds is 1. The minimum Gasteiger partial charge on any atom is -0.299 e. The molecule has 0 aromatic heterocycles. The molecule has 4 aliphatic heterocycles. The summed E-state index contributed by atoms with van der Waals surface area (Å²) in [5.41, 5.74) is 5.09. The molecule has 4 heteroatoms. The highest BCUT2D eigenvalue weighted by Crippen LogP contribution is 2.69. The maximum Gasteiger partial charge on any atom is 0.101 e. The normalized spacial score (nSPS) is 40.0. The Bertz CT molecular complexity index is 784. The predicted octanol–water partition coefficient (Wildman–Crippen LogP) is 5.25. The Balaban J connectivity index is 1.63. The molecule has 3 saturated heterocycles. The van der Waals surface area contributed by atoms with E-state index in [9.17, 15) is 0 Å². The van der Waals surface area contributed by atoms with E-state index >= 15 is 0 Å². The van der Waals surface area contributed by atoms with E-state index < -0.39 is 0 Å². The van der Waals surface area contributed by atoms with Crippen molar-refractivity contribution < 1.29 is 0 Å². The zero-order valence-electron chi connectivity index (χ0n) is 15.7. The summed E-state index contributed by atoms with van der Waals surface area (Å²) in [6.07, 6.45) is 8.14. The van der Waals surface area contributed by atoms with Gasteiger partial charge in [-0.3, -0.25) is 9.89 Å². The number of fused-ring (bicyclic) bond motifs is 2. The van der Waals surface area contributed by atoms with Gasteiger partial charge < -0.3 is 0 Å². The molecular weight excluding hydrogens is 356 g/mol. The Kier molecular flexibility index (Phi) is 3.52. The molecule has 1 aliphatic carbocycles. The fraction of sp³-hybridized carbons (Fsp3) is 0.682. The molecule has 0 amide bonds. The highest BCUT2D eigenvalue weighted by atomic mass is 32.2. The van der Waals surface area contributed by atoms with Crippen molar-refractivity contribution in [2.75, 3.05) is 24.6 Å². The average Bonchev–Trinajstić information content (AvgIpc) is 3.24. The van der Waals surface area contributed by atoms with Gasteiger partial charge in [0.15, 0.2) is 0 Å². The van der Waals surface area contributed by atoms with Crippen LogP contribution in [0.2, 0.25) is 0 Å². The first kappa shape index (κ1) is 16.5. The minimum absolute atomic E-state index is 0.197. The predicted molar refractivity (Wildman–Crippen MR) is 114 cm³/mol. The van der Waals surface area contributed by atoms with Gasteiger partial charge in [0.1, 0.15) is 4.08 Å². The summed E-state index contributed by atoms with van der Waals surface area (Å²) in [5.74, 6) is 2.62. The summed E-state index contributed by atoms with van der Waals surface area (Å²) >= 11 is 4.50. The Morgan fingerprint density at radius 2 is 1.96 bits per heavy atom. The van der Waals surface area contributed by atoms with Crippen LogP contribution in [0.1, 0.15) is 51.0 Å². The third-order valence-corrected chi connectivity index (χ3v) is 11.3. The van der Waals surface area contributed by atoms with Crippen molar-refractivity contribution >= 4 is 34.9 Å². The van der Waals surface area contributed by atoms with Gasteiger partial charge in [0.2, 0.25) is 0 Å². The van der Waals surface area contributed by atoms with Gasteiger partial charge >= 0.3 is 0 Å². The summed E-state index contributed by atoms with van der Waals surface area (Å²) in [6.45, 7) is 5.05. The van der Waals surface area contributed by atoms with Crippen molar-refractivity contribution in [2.24, 2.45) is 10.4 Å². The quantitative estimate of drug-likeness (QED) is 0.658. The molecule has 4 heterocycles. The lowest BCUT2D eigenvalue weighted by Gasteiger charge is -2.61. The number of hydrogen-bond donors (Lipinski definition) is 0. The molecule has 1 saturated carbocycles. The first-order valence-electron chi connectivity index (χ1n) is 10.5. The van der Waals surface area contributed by atoms with Crippen molar-refractivity contribution in [1.82, 2.24) is 4.90 Å². The summed E-state index contributed by atoms with van der Waals surface area (Å²) in [6, 6.07) is 9.82. The second-order valence-electron chi connectivity index (χ2n) is 8.94. The Labute approximate surface area is 165 Å². The number of aliphatic imine (C=N–C) groups is 1.